The van der Waals surface area contributed by atoms with Crippen LogP contribution in [0.5, 0.6) is 0 Å². The number of sulfonamides is 1. The van der Waals surface area contributed by atoms with Crippen LogP contribution in [0.15, 0.2) is 17.2 Å². The third-order valence-corrected chi connectivity index (χ3v) is 4.28. The van der Waals surface area contributed by atoms with E-state index in [1.54, 1.807) is 0 Å². The average Bonchev–Trinajstić information content (AvgIpc) is 2.73. The fourth-order valence-electron chi connectivity index (χ4n) is 1.68. The molecule has 0 amide bonds. The number of nitrogens with two attached hydrogens (primary N) is 1. The van der Waals surface area contributed by atoms with Gasteiger partial charge in [-0.1, -0.05) is 11.6 Å². The number of hydrogen-bond acceptors (Lipinski definition) is 5. The third-order valence-electron chi connectivity index (χ3n) is 2.52. The summed E-state index contributed by atoms with van der Waals surface area (Å²) in [5.74, 6) is -0.0483. The normalized spacial score (nSPS) is 19.5. The Morgan fingerprint density at radius 2 is 2.28 bits per heavy atom. The molecule has 1 atom stereocenters. The van der Waals surface area contributed by atoms with Gasteiger partial charge in [-0.15, -0.1) is 12.4 Å². The van der Waals surface area contributed by atoms with Crippen molar-refractivity contribution >= 4 is 39.8 Å². The molecule has 1 fully saturated rings. The van der Waals surface area contributed by atoms with Gasteiger partial charge in [-0.05, 0) is 19.0 Å². The fraction of sp³-hybridized carbons (Fsp3) is 0.444. The Labute approximate surface area is 117 Å². The summed E-state index contributed by atoms with van der Waals surface area (Å²) in [6.45, 7) is 1.42. The van der Waals surface area contributed by atoms with Crippen molar-refractivity contribution in [2.24, 2.45) is 0 Å². The minimum Gasteiger partial charge on any atom is -0.383 e. The van der Waals surface area contributed by atoms with Gasteiger partial charge in [-0.25, -0.2) is 18.1 Å². The molecular weight excluding hydrogens is 299 g/mol. The van der Waals surface area contributed by atoms with Crippen LogP contribution >= 0.6 is 24.0 Å². The number of rotatable bonds is 3. The van der Waals surface area contributed by atoms with Gasteiger partial charge < -0.3 is 11.1 Å². The summed E-state index contributed by atoms with van der Waals surface area (Å²) in [7, 11) is -3.66. The predicted molar refractivity (Wildman–Crippen MR) is 72.5 cm³/mol. The van der Waals surface area contributed by atoms with Crippen LogP contribution in [-0.4, -0.2) is 32.5 Å². The largest absolute Gasteiger partial charge is 0.383 e. The molecule has 1 saturated heterocycles. The van der Waals surface area contributed by atoms with Gasteiger partial charge in [0, 0.05) is 18.8 Å². The smallest absolute Gasteiger partial charge is 0.244 e. The molecule has 18 heavy (non-hydrogen) atoms. The fourth-order valence-corrected chi connectivity index (χ4v) is 3.28. The molecule has 4 N–H and O–H groups in total. The first-order chi connectivity index (χ1) is 7.99. The molecular formula is C9H14Cl2N4O2S. The van der Waals surface area contributed by atoms with Gasteiger partial charge in [0.1, 0.15) is 10.7 Å². The standard InChI is InChI=1S/C9H13ClN4O2S.ClH/c10-6-3-8(9(11)13-4-6)17(15,16)14-7-1-2-12-5-7;/h3-4,7,12,14H,1-2,5H2,(H2,11,13);1H. The number of hydrogen-bond donors (Lipinski definition) is 3. The molecule has 1 aliphatic rings. The second-order valence-electron chi connectivity index (χ2n) is 3.85. The molecule has 0 aliphatic carbocycles. The summed E-state index contributed by atoms with van der Waals surface area (Å²) in [4.78, 5) is 3.66. The van der Waals surface area contributed by atoms with E-state index in [1.807, 2.05) is 0 Å². The molecule has 0 bridgehead atoms. The van der Waals surface area contributed by atoms with E-state index in [2.05, 4.69) is 15.0 Å². The van der Waals surface area contributed by atoms with Crippen molar-refractivity contribution in [3.05, 3.63) is 17.3 Å². The van der Waals surface area contributed by atoms with E-state index in [-0.39, 0.29) is 34.2 Å². The van der Waals surface area contributed by atoms with E-state index in [9.17, 15) is 8.42 Å². The average molecular weight is 313 g/mol. The van der Waals surface area contributed by atoms with E-state index in [0.29, 0.717) is 6.54 Å². The van der Waals surface area contributed by atoms with Gasteiger partial charge in [-0.2, -0.15) is 0 Å². The van der Waals surface area contributed by atoms with E-state index >= 15 is 0 Å². The summed E-state index contributed by atoms with van der Waals surface area (Å²) in [5.41, 5.74) is 5.55. The molecule has 0 radical (unpaired) electrons. The monoisotopic (exact) mass is 312 g/mol. The van der Waals surface area contributed by atoms with Crippen LogP contribution < -0.4 is 15.8 Å². The van der Waals surface area contributed by atoms with Crippen LogP contribution in [-0.2, 0) is 10.0 Å². The van der Waals surface area contributed by atoms with Crippen molar-refractivity contribution in [3.63, 3.8) is 0 Å². The first kappa shape index (κ1) is 15.5. The Bertz CT molecular complexity index is 517. The Balaban J connectivity index is 0.00000162. The molecule has 102 valence electrons. The zero-order valence-electron chi connectivity index (χ0n) is 9.39. The minimum absolute atomic E-state index is 0. The molecule has 1 aromatic heterocycles. The van der Waals surface area contributed by atoms with Gasteiger partial charge in [0.2, 0.25) is 10.0 Å². The second kappa shape index (κ2) is 6.03. The lowest BCUT2D eigenvalue weighted by Crippen LogP contribution is -2.36. The molecule has 6 nitrogen and oxygen atoms in total. The zero-order chi connectivity index (χ0) is 12.5. The molecule has 0 aromatic carbocycles. The number of halogens is 2. The maximum Gasteiger partial charge on any atom is 0.244 e. The molecule has 0 saturated carbocycles. The van der Waals surface area contributed by atoms with E-state index in [1.165, 1.54) is 12.3 Å². The number of nitrogens with zero attached hydrogens (tertiary/aromatic N) is 1. The van der Waals surface area contributed by atoms with E-state index < -0.39 is 10.0 Å². The topological polar surface area (TPSA) is 97.1 Å². The van der Waals surface area contributed by atoms with Crippen molar-refractivity contribution < 1.29 is 8.42 Å². The van der Waals surface area contributed by atoms with Crippen LogP contribution in [0.2, 0.25) is 5.02 Å². The van der Waals surface area contributed by atoms with Gasteiger partial charge in [-0.3, -0.25) is 0 Å². The van der Waals surface area contributed by atoms with Gasteiger partial charge in [0.25, 0.3) is 0 Å². The zero-order valence-corrected chi connectivity index (χ0v) is 11.8. The molecule has 2 rings (SSSR count). The molecule has 1 unspecified atom stereocenters. The van der Waals surface area contributed by atoms with Crippen molar-refractivity contribution in [3.8, 4) is 0 Å². The highest BCUT2D eigenvalue weighted by Crippen LogP contribution is 2.20. The number of anilines is 1. The third kappa shape index (κ3) is 3.46. The summed E-state index contributed by atoms with van der Waals surface area (Å²) in [5, 5.41) is 3.31. The van der Waals surface area contributed by atoms with Crippen molar-refractivity contribution in [2.75, 3.05) is 18.8 Å². The summed E-state index contributed by atoms with van der Waals surface area (Å²) < 4.78 is 26.7. The Hall–Kier alpha value is -0.600. The summed E-state index contributed by atoms with van der Waals surface area (Å²) >= 11 is 5.72. The second-order valence-corrected chi connectivity index (χ2v) is 5.97. The molecule has 1 aliphatic heterocycles. The number of nitrogen functional groups attached to an aromatic ring is 1. The molecule has 1 aromatic rings. The lowest BCUT2D eigenvalue weighted by atomic mass is 10.3. The van der Waals surface area contributed by atoms with E-state index in [4.69, 9.17) is 17.3 Å². The van der Waals surface area contributed by atoms with Crippen LogP contribution in [0.3, 0.4) is 0 Å². The Morgan fingerprint density at radius 3 is 2.89 bits per heavy atom. The number of aromatic nitrogens is 1. The first-order valence-corrected chi connectivity index (χ1v) is 6.99. The van der Waals surface area contributed by atoms with Crippen LogP contribution in [0.25, 0.3) is 0 Å². The molecule has 2 heterocycles. The van der Waals surface area contributed by atoms with Gasteiger partial charge in [0.05, 0.1) is 5.02 Å². The lowest BCUT2D eigenvalue weighted by molar-refractivity contribution is 0.560. The highest BCUT2D eigenvalue weighted by molar-refractivity contribution is 7.89. The number of nitrogens with one attached hydrogen (secondary N) is 2. The Kier molecular flexibility index (Phi) is 5.18. The first-order valence-electron chi connectivity index (χ1n) is 5.13. The predicted octanol–water partition coefficient (Wildman–Crippen LogP) is 0.379. The highest BCUT2D eigenvalue weighted by Gasteiger charge is 2.25. The summed E-state index contributed by atoms with van der Waals surface area (Å²) in [6.07, 6.45) is 2.07. The maximum atomic E-state index is 12.0. The van der Waals surface area contributed by atoms with Gasteiger partial charge in [0.15, 0.2) is 0 Å². The SMILES string of the molecule is Cl.Nc1ncc(Cl)cc1S(=O)(=O)NC1CCNC1. The van der Waals surface area contributed by atoms with Crippen molar-refractivity contribution in [1.29, 1.82) is 0 Å². The van der Waals surface area contributed by atoms with Gasteiger partial charge >= 0.3 is 0 Å². The van der Waals surface area contributed by atoms with Crippen LogP contribution in [0.4, 0.5) is 5.82 Å². The van der Waals surface area contributed by atoms with Crippen molar-refractivity contribution in [2.45, 2.75) is 17.4 Å². The number of pyridine rings is 1. The molecule has 0 spiro atoms. The highest BCUT2D eigenvalue weighted by atomic mass is 35.5. The van der Waals surface area contributed by atoms with Crippen molar-refractivity contribution in [1.82, 2.24) is 15.0 Å². The minimum atomic E-state index is -3.66. The maximum absolute atomic E-state index is 12.0. The Morgan fingerprint density at radius 1 is 1.56 bits per heavy atom. The van der Waals surface area contributed by atoms with Crippen LogP contribution in [0, 0.1) is 0 Å². The quantitative estimate of drug-likeness (QED) is 0.749. The lowest BCUT2D eigenvalue weighted by Gasteiger charge is -2.13. The van der Waals surface area contributed by atoms with Crippen LogP contribution in [0.1, 0.15) is 6.42 Å². The van der Waals surface area contributed by atoms with E-state index in [0.717, 1.165) is 13.0 Å². The molecule has 9 heteroatoms. The summed E-state index contributed by atoms with van der Waals surface area (Å²) in [6, 6.07) is 1.19.